The molecule has 0 aromatic heterocycles. The van der Waals surface area contributed by atoms with Crippen LogP contribution >= 0.6 is 0 Å². The number of aryl methyl sites for hydroxylation is 1. The van der Waals surface area contributed by atoms with Crippen LogP contribution < -0.4 is 0 Å². The first-order valence-electron chi connectivity index (χ1n) is 10.0. The number of hydrogen-bond donors (Lipinski definition) is 0. The maximum Gasteiger partial charge on any atom is 0.331 e. The summed E-state index contributed by atoms with van der Waals surface area (Å²) in [5.74, 6) is -0.925. The molecule has 8 heteroatoms. The van der Waals surface area contributed by atoms with Gasteiger partial charge in [-0.2, -0.15) is 4.31 Å². The van der Waals surface area contributed by atoms with Crippen molar-refractivity contribution in [1.29, 1.82) is 0 Å². The second-order valence-electron chi connectivity index (χ2n) is 7.00. The Balaban J connectivity index is 1.53. The molecular formula is C23H25NO6S. The molecule has 1 saturated heterocycles. The number of sulfonamides is 1. The van der Waals surface area contributed by atoms with Crippen molar-refractivity contribution in [2.45, 2.75) is 18.2 Å². The van der Waals surface area contributed by atoms with Gasteiger partial charge in [0.1, 0.15) is 0 Å². The van der Waals surface area contributed by atoms with Crippen LogP contribution in [0.1, 0.15) is 28.4 Å². The molecule has 164 valence electrons. The van der Waals surface area contributed by atoms with Crippen LogP contribution in [0.15, 0.2) is 59.5 Å². The lowest BCUT2D eigenvalue weighted by molar-refractivity contribution is -0.136. The molecule has 1 heterocycles. The standard InChI is InChI=1S/C23H25NO6S/c1-2-18-3-8-20(9-4-18)22(25)17-30-23(26)12-7-19-5-10-21(11-6-19)31(27,28)24-13-15-29-16-14-24/h3-12H,2,13-17H2,1H3/b12-7+. The first-order valence-corrected chi connectivity index (χ1v) is 11.5. The third-order valence-electron chi connectivity index (χ3n) is 4.93. The first-order chi connectivity index (χ1) is 14.9. The lowest BCUT2D eigenvalue weighted by Crippen LogP contribution is -2.40. The number of carbonyl (C=O) groups excluding carboxylic acids is 2. The zero-order valence-corrected chi connectivity index (χ0v) is 18.1. The van der Waals surface area contributed by atoms with Crippen LogP contribution in [0.5, 0.6) is 0 Å². The van der Waals surface area contributed by atoms with Crippen LogP contribution in [-0.2, 0) is 30.7 Å². The SMILES string of the molecule is CCc1ccc(C(=O)COC(=O)/C=C/c2ccc(S(=O)(=O)N3CCOCC3)cc2)cc1. The van der Waals surface area contributed by atoms with Crippen molar-refractivity contribution in [3.63, 3.8) is 0 Å². The van der Waals surface area contributed by atoms with Gasteiger partial charge in [-0.15, -0.1) is 0 Å². The Bertz CT molecular complexity index is 1040. The molecule has 0 saturated carbocycles. The lowest BCUT2D eigenvalue weighted by atomic mass is 10.1. The lowest BCUT2D eigenvalue weighted by Gasteiger charge is -2.26. The molecule has 1 aliphatic rings. The molecule has 2 aromatic carbocycles. The largest absolute Gasteiger partial charge is 0.454 e. The van der Waals surface area contributed by atoms with Gasteiger partial charge in [-0.1, -0.05) is 43.3 Å². The molecule has 0 amide bonds. The Morgan fingerprint density at radius 1 is 1.03 bits per heavy atom. The van der Waals surface area contributed by atoms with E-state index in [0.29, 0.717) is 37.4 Å². The zero-order valence-electron chi connectivity index (χ0n) is 17.3. The fourth-order valence-corrected chi connectivity index (χ4v) is 4.45. The Labute approximate surface area is 182 Å². The summed E-state index contributed by atoms with van der Waals surface area (Å²) >= 11 is 0. The van der Waals surface area contributed by atoms with E-state index in [1.54, 1.807) is 24.3 Å². The number of hydrogen-bond acceptors (Lipinski definition) is 6. The van der Waals surface area contributed by atoms with Crippen molar-refractivity contribution < 1.29 is 27.5 Å². The highest BCUT2D eigenvalue weighted by atomic mass is 32.2. The molecular weight excluding hydrogens is 418 g/mol. The number of morpholine rings is 1. The van der Waals surface area contributed by atoms with Gasteiger partial charge in [0.15, 0.2) is 12.4 Å². The van der Waals surface area contributed by atoms with E-state index in [9.17, 15) is 18.0 Å². The molecule has 1 aliphatic heterocycles. The molecule has 7 nitrogen and oxygen atoms in total. The second kappa shape index (κ2) is 10.5. The van der Waals surface area contributed by atoms with Gasteiger partial charge in [0, 0.05) is 24.7 Å². The Hall–Kier alpha value is -2.81. The van der Waals surface area contributed by atoms with Crippen molar-refractivity contribution in [3.8, 4) is 0 Å². The average Bonchev–Trinajstić information content (AvgIpc) is 2.82. The van der Waals surface area contributed by atoms with Gasteiger partial charge in [-0.05, 0) is 35.8 Å². The summed E-state index contributed by atoms with van der Waals surface area (Å²) in [6.07, 6.45) is 3.60. The Morgan fingerprint density at radius 2 is 1.68 bits per heavy atom. The molecule has 2 aromatic rings. The third-order valence-corrected chi connectivity index (χ3v) is 6.84. The van der Waals surface area contributed by atoms with Gasteiger partial charge in [0.2, 0.25) is 10.0 Å². The number of ether oxygens (including phenoxy) is 2. The summed E-state index contributed by atoms with van der Waals surface area (Å²) in [5.41, 5.74) is 2.26. The molecule has 0 atom stereocenters. The highest BCUT2D eigenvalue weighted by Crippen LogP contribution is 2.18. The third kappa shape index (κ3) is 6.10. The van der Waals surface area contributed by atoms with Crippen molar-refractivity contribution in [2.75, 3.05) is 32.9 Å². The predicted octanol–water partition coefficient (Wildman–Crippen LogP) is 2.71. The number of benzene rings is 2. The predicted molar refractivity (Wildman–Crippen MR) is 116 cm³/mol. The molecule has 0 N–H and O–H groups in total. The molecule has 31 heavy (non-hydrogen) atoms. The summed E-state index contributed by atoms with van der Waals surface area (Å²) in [7, 11) is -3.56. The van der Waals surface area contributed by atoms with E-state index in [2.05, 4.69) is 0 Å². The van der Waals surface area contributed by atoms with E-state index < -0.39 is 16.0 Å². The van der Waals surface area contributed by atoms with Crippen LogP contribution in [-0.4, -0.2) is 57.4 Å². The number of rotatable bonds is 8. The quantitative estimate of drug-likeness (QED) is 0.354. The minimum atomic E-state index is -3.56. The van der Waals surface area contributed by atoms with Crippen LogP contribution in [0.25, 0.3) is 6.08 Å². The van der Waals surface area contributed by atoms with E-state index >= 15 is 0 Å². The van der Waals surface area contributed by atoms with Crippen LogP contribution in [0.3, 0.4) is 0 Å². The summed E-state index contributed by atoms with van der Waals surface area (Å²) in [6, 6.07) is 13.4. The molecule has 3 rings (SSSR count). The minimum absolute atomic E-state index is 0.189. The Kier molecular flexibility index (Phi) is 7.73. The summed E-state index contributed by atoms with van der Waals surface area (Å²) in [4.78, 5) is 24.2. The van der Waals surface area contributed by atoms with Gasteiger partial charge in [0.25, 0.3) is 0 Å². The van der Waals surface area contributed by atoms with Crippen LogP contribution in [0.4, 0.5) is 0 Å². The maximum absolute atomic E-state index is 12.6. The van der Waals surface area contributed by atoms with Gasteiger partial charge in [-0.25, -0.2) is 13.2 Å². The van der Waals surface area contributed by atoms with Crippen molar-refractivity contribution >= 4 is 27.9 Å². The van der Waals surface area contributed by atoms with E-state index in [0.717, 1.165) is 12.0 Å². The summed E-state index contributed by atoms with van der Waals surface area (Å²) in [6.45, 7) is 3.12. The molecule has 0 unspecified atom stereocenters. The van der Waals surface area contributed by atoms with E-state index in [1.807, 2.05) is 19.1 Å². The van der Waals surface area contributed by atoms with Crippen molar-refractivity contribution in [2.24, 2.45) is 0 Å². The van der Waals surface area contributed by atoms with Gasteiger partial charge < -0.3 is 9.47 Å². The molecule has 0 aliphatic carbocycles. The normalized spacial score (nSPS) is 15.1. The molecule has 0 bridgehead atoms. The smallest absolute Gasteiger partial charge is 0.331 e. The average molecular weight is 444 g/mol. The fraction of sp³-hybridized carbons (Fsp3) is 0.304. The number of carbonyl (C=O) groups is 2. The maximum atomic E-state index is 12.6. The van der Waals surface area contributed by atoms with Gasteiger partial charge in [0.05, 0.1) is 18.1 Å². The van der Waals surface area contributed by atoms with Crippen molar-refractivity contribution in [3.05, 3.63) is 71.3 Å². The summed E-state index contributed by atoms with van der Waals surface area (Å²) in [5, 5.41) is 0. The molecule has 1 fully saturated rings. The minimum Gasteiger partial charge on any atom is -0.454 e. The highest BCUT2D eigenvalue weighted by Gasteiger charge is 2.25. The number of esters is 1. The van der Waals surface area contributed by atoms with E-state index in [1.165, 1.54) is 28.6 Å². The number of Topliss-reactive ketones (excluding diaryl/α,β-unsaturated/α-hetero) is 1. The van der Waals surface area contributed by atoms with E-state index in [4.69, 9.17) is 9.47 Å². The highest BCUT2D eigenvalue weighted by molar-refractivity contribution is 7.89. The summed E-state index contributed by atoms with van der Waals surface area (Å²) < 4.78 is 36.8. The monoisotopic (exact) mass is 443 g/mol. The van der Waals surface area contributed by atoms with Gasteiger partial charge in [-0.3, -0.25) is 4.79 Å². The number of ketones is 1. The zero-order chi connectivity index (χ0) is 22.3. The topological polar surface area (TPSA) is 90.0 Å². The molecule has 0 radical (unpaired) electrons. The van der Waals surface area contributed by atoms with E-state index in [-0.39, 0.29) is 17.3 Å². The fourth-order valence-electron chi connectivity index (χ4n) is 3.05. The van der Waals surface area contributed by atoms with Gasteiger partial charge >= 0.3 is 5.97 Å². The first kappa shape index (κ1) is 22.9. The Morgan fingerprint density at radius 3 is 2.29 bits per heavy atom. The van der Waals surface area contributed by atoms with Crippen LogP contribution in [0.2, 0.25) is 0 Å². The van der Waals surface area contributed by atoms with Crippen LogP contribution in [0, 0.1) is 0 Å². The second-order valence-corrected chi connectivity index (χ2v) is 8.94. The molecule has 0 spiro atoms. The van der Waals surface area contributed by atoms with Crippen molar-refractivity contribution in [1.82, 2.24) is 4.31 Å². The number of nitrogens with zero attached hydrogens (tertiary/aromatic N) is 1.